The number of halogens is 1. The summed E-state index contributed by atoms with van der Waals surface area (Å²) in [5, 5.41) is 26.2. The number of hydrogen-bond donors (Lipinski definition) is 6. The molecule has 0 unspecified atom stereocenters. The molecular weight excluding hydrogens is 749 g/mol. The van der Waals surface area contributed by atoms with Crippen LogP contribution in [-0.2, 0) is 28.8 Å². The molecule has 6 heterocycles. The normalized spacial score (nSPS) is 25.6. The smallest absolute Gasteiger partial charge is 0.336 e. The molecule has 4 aromatic heterocycles. The van der Waals surface area contributed by atoms with Gasteiger partial charge in [0.05, 0.1) is 38.0 Å². The van der Waals surface area contributed by atoms with Crippen molar-refractivity contribution in [2.24, 2.45) is 11.8 Å². The number of rotatable bonds is 12. The van der Waals surface area contributed by atoms with Crippen molar-refractivity contribution >= 4 is 56.2 Å². The number of benzene rings is 1. The number of anilines is 2. The first-order valence-corrected chi connectivity index (χ1v) is 18.4. The lowest BCUT2D eigenvalue weighted by Crippen LogP contribution is -2.47. The highest BCUT2D eigenvalue weighted by molar-refractivity contribution is 7.84. The largest absolute Gasteiger partial charge is 0.394 e. The van der Waals surface area contributed by atoms with Gasteiger partial charge in [-0.1, -0.05) is 39.0 Å². The van der Waals surface area contributed by atoms with E-state index in [9.17, 15) is 33.0 Å². The first-order valence-electron chi connectivity index (χ1n) is 17.0. The molecule has 23 heteroatoms. The Morgan fingerprint density at radius 2 is 1.69 bits per heavy atom. The van der Waals surface area contributed by atoms with Gasteiger partial charge in [0.25, 0.3) is 11.5 Å². The summed E-state index contributed by atoms with van der Waals surface area (Å²) in [6.45, 7) is 3.49. The van der Waals surface area contributed by atoms with Gasteiger partial charge in [0.15, 0.2) is 46.8 Å². The van der Waals surface area contributed by atoms with Gasteiger partial charge in [0.2, 0.25) is 11.9 Å². The highest BCUT2D eigenvalue weighted by Crippen LogP contribution is 2.37. The summed E-state index contributed by atoms with van der Waals surface area (Å²) < 4.78 is 63.9. The van der Waals surface area contributed by atoms with Crippen molar-refractivity contribution in [3.63, 3.8) is 0 Å². The van der Waals surface area contributed by atoms with Crippen molar-refractivity contribution < 1.29 is 46.3 Å². The van der Waals surface area contributed by atoms with Gasteiger partial charge in [-0.3, -0.25) is 38.0 Å². The van der Waals surface area contributed by atoms with E-state index in [-0.39, 0.29) is 34.1 Å². The van der Waals surface area contributed by atoms with Crippen molar-refractivity contribution in [1.29, 1.82) is 0 Å². The molecule has 292 valence electrons. The lowest BCUT2D eigenvalue weighted by Gasteiger charge is -2.20. The van der Waals surface area contributed by atoms with Crippen LogP contribution < -0.4 is 20.9 Å². The Hall–Kier alpha value is -5.30. The molecule has 0 spiro atoms. The van der Waals surface area contributed by atoms with Crippen LogP contribution in [0.4, 0.5) is 16.2 Å². The number of alkyl halides is 1. The van der Waals surface area contributed by atoms with Gasteiger partial charge in [-0.05, 0) is 12.1 Å². The van der Waals surface area contributed by atoms with Crippen LogP contribution in [0.3, 0.4) is 0 Å². The maximum Gasteiger partial charge on any atom is 0.336 e. The fraction of sp³-hybridized carbons (Fsp3) is 0.438. The molecule has 0 saturated carbocycles. The number of hydrogen-bond acceptors (Lipinski definition) is 15. The number of aromatic amines is 1. The molecule has 5 aromatic rings. The third kappa shape index (κ3) is 7.41. The second kappa shape index (κ2) is 15.1. The minimum absolute atomic E-state index is 0.0139. The number of amides is 2. The van der Waals surface area contributed by atoms with Crippen molar-refractivity contribution in [2.45, 2.75) is 63.8 Å². The monoisotopic (exact) mass is 785 g/mol. The molecular formula is C32H36FN11O10S. The topological polar surface area (TPSA) is 280 Å². The van der Waals surface area contributed by atoms with Gasteiger partial charge in [-0.2, -0.15) is 18.1 Å². The molecule has 2 fully saturated rings. The second-order valence-electron chi connectivity index (χ2n) is 13.2. The Bertz CT molecular complexity index is 2390. The molecule has 2 aliphatic heterocycles. The van der Waals surface area contributed by atoms with E-state index in [1.807, 2.05) is 0 Å². The van der Waals surface area contributed by atoms with E-state index in [2.05, 4.69) is 45.3 Å². The third-order valence-electron chi connectivity index (χ3n) is 9.28. The Morgan fingerprint density at radius 3 is 2.40 bits per heavy atom. The summed E-state index contributed by atoms with van der Waals surface area (Å²) in [6, 6.07) is 6.70. The molecule has 0 aliphatic carbocycles. The van der Waals surface area contributed by atoms with Crippen molar-refractivity contribution in [3.05, 3.63) is 65.2 Å². The van der Waals surface area contributed by atoms with E-state index in [1.54, 1.807) is 51.1 Å². The molecule has 6 N–H and O–H groups in total. The first kappa shape index (κ1) is 38.0. The summed E-state index contributed by atoms with van der Waals surface area (Å²) in [7, 11) is -4.74. The number of aromatic nitrogens is 8. The van der Waals surface area contributed by atoms with Gasteiger partial charge >= 0.3 is 10.3 Å². The zero-order chi connectivity index (χ0) is 39.2. The summed E-state index contributed by atoms with van der Waals surface area (Å²) in [5.41, 5.74) is -0.246. The average molecular weight is 786 g/mol. The Labute approximate surface area is 310 Å². The quantitative estimate of drug-likeness (QED) is 0.0982. The maximum absolute atomic E-state index is 16.1. The van der Waals surface area contributed by atoms with Crippen LogP contribution in [-0.4, -0.2) is 113 Å². The predicted octanol–water partition coefficient (Wildman–Crippen LogP) is 0.148. The number of carbonyl (C=O) groups is 2. The lowest BCUT2D eigenvalue weighted by molar-refractivity contribution is -0.118. The maximum atomic E-state index is 16.1. The Kier molecular flexibility index (Phi) is 10.4. The highest BCUT2D eigenvalue weighted by Gasteiger charge is 2.49. The predicted molar refractivity (Wildman–Crippen MR) is 188 cm³/mol. The van der Waals surface area contributed by atoms with E-state index < -0.39 is 95.7 Å². The number of aliphatic hydroxyl groups excluding tert-OH is 2. The minimum Gasteiger partial charge on any atom is -0.394 e. The van der Waals surface area contributed by atoms with Crippen LogP contribution in [0.1, 0.15) is 43.6 Å². The number of H-pyrrole nitrogens is 1. The highest BCUT2D eigenvalue weighted by atomic mass is 32.2. The molecule has 1 aromatic carbocycles. The molecule has 0 bridgehead atoms. The lowest BCUT2D eigenvalue weighted by atomic mass is 10.0. The molecule has 55 heavy (non-hydrogen) atoms. The van der Waals surface area contributed by atoms with E-state index in [0.717, 1.165) is 6.33 Å². The summed E-state index contributed by atoms with van der Waals surface area (Å²) in [4.78, 5) is 60.8. The number of ether oxygens (including phenoxy) is 2. The van der Waals surface area contributed by atoms with E-state index >= 15 is 4.39 Å². The molecule has 7 rings (SSSR count). The molecule has 21 nitrogen and oxygen atoms in total. The van der Waals surface area contributed by atoms with E-state index in [1.165, 1.54) is 21.8 Å². The number of fused-ring (bicyclic) bond motifs is 2. The van der Waals surface area contributed by atoms with Crippen LogP contribution >= 0.6 is 0 Å². The van der Waals surface area contributed by atoms with Crippen LogP contribution in [0.2, 0.25) is 0 Å². The number of carbonyl (C=O) groups excluding carboxylic acids is 2. The molecule has 2 saturated heterocycles. The molecule has 8 atom stereocenters. The van der Waals surface area contributed by atoms with Gasteiger partial charge in [-0.25, -0.2) is 24.3 Å². The van der Waals surface area contributed by atoms with Crippen LogP contribution in [0, 0.1) is 11.8 Å². The first-order chi connectivity index (χ1) is 26.3. The SMILES string of the molecule is CC(C)C(=O)Nc1nc2c(ncn2[C@@H]2O[C@H](COS(=O)(=O)N[C@H]3[C@@H](F)[C@H](n4cnc5c(NC(=O)c6ccccc6)ncnc54)O[C@@H]3CO)[C@@H](C)[C@H]2O)c(=O)[nH]1. The molecule has 2 amide bonds. The number of imidazole rings is 2. The number of nitrogens with zero attached hydrogens (tertiary/aromatic N) is 7. The van der Waals surface area contributed by atoms with Crippen molar-refractivity contribution in [1.82, 2.24) is 43.8 Å². The molecule has 0 radical (unpaired) electrons. The standard InChI is InChI=1S/C32H36FN11O10S/c1-14(2)27(47)40-32-39-26-22(29(49)41-32)37-13-44(26)31-23(46)15(3)18(54-31)10-52-55(50,51)42-20-17(9-45)53-30(19(20)33)43-12-36-21-24(34-11-35-25(21)43)38-28(48)16-7-5-4-6-8-16/h4-8,11-15,17-20,23,30-31,42,45-46H,9-10H2,1-3H3,(H,34,35,38,48)(H2,39,40,41,47,49)/t15-,17-,18-,19-,20-,23-,30-,31-/m1/s1. The molecule has 2 aliphatic rings. The summed E-state index contributed by atoms with van der Waals surface area (Å²) in [5.74, 6) is -2.12. The fourth-order valence-electron chi connectivity index (χ4n) is 6.21. The van der Waals surface area contributed by atoms with E-state index in [4.69, 9.17) is 13.7 Å². The van der Waals surface area contributed by atoms with Gasteiger partial charge in [0, 0.05) is 17.4 Å². The van der Waals surface area contributed by atoms with Crippen molar-refractivity contribution in [3.8, 4) is 0 Å². The minimum atomic E-state index is -4.74. The summed E-state index contributed by atoms with van der Waals surface area (Å²) in [6.07, 6.45) is -4.93. The van der Waals surface area contributed by atoms with E-state index in [0.29, 0.717) is 5.56 Å². The second-order valence-corrected chi connectivity index (χ2v) is 14.6. The Morgan fingerprint density at radius 1 is 1.00 bits per heavy atom. The third-order valence-corrected chi connectivity index (χ3v) is 10.3. The van der Waals surface area contributed by atoms with Crippen LogP contribution in [0.25, 0.3) is 22.3 Å². The van der Waals surface area contributed by atoms with Gasteiger partial charge in [-0.15, -0.1) is 0 Å². The van der Waals surface area contributed by atoms with Crippen LogP contribution in [0.5, 0.6) is 0 Å². The van der Waals surface area contributed by atoms with Gasteiger partial charge in [0.1, 0.15) is 18.5 Å². The zero-order valence-corrected chi connectivity index (χ0v) is 30.1. The number of nitrogens with one attached hydrogen (secondary N) is 4. The zero-order valence-electron chi connectivity index (χ0n) is 29.3. The van der Waals surface area contributed by atoms with Crippen LogP contribution in [0.15, 0.2) is 54.1 Å². The number of aliphatic hydroxyl groups is 2. The average Bonchev–Trinajstić information content (AvgIpc) is 3.92. The Balaban J connectivity index is 1.03. The summed E-state index contributed by atoms with van der Waals surface area (Å²) >= 11 is 0. The van der Waals surface area contributed by atoms with Crippen molar-refractivity contribution in [2.75, 3.05) is 23.8 Å². The fourth-order valence-corrected chi connectivity index (χ4v) is 7.21. The van der Waals surface area contributed by atoms with Gasteiger partial charge < -0.3 is 25.0 Å².